The van der Waals surface area contributed by atoms with E-state index in [9.17, 15) is 0 Å². The third-order valence-corrected chi connectivity index (χ3v) is 2.95. The number of nitrogens with zero attached hydrogens (tertiary/aromatic N) is 2. The third-order valence-electron chi connectivity index (χ3n) is 2.95. The maximum absolute atomic E-state index is 5.48. The monoisotopic (exact) mass is 210 g/mol. The standard InChI is InChI=1S/C10H18N4O/c1-6-4-8(5-6)12-10-14-13-9(15-10)7(2)11-3/h6-8,11H,4-5H2,1-3H3,(H,12,14). The maximum Gasteiger partial charge on any atom is 0.315 e. The lowest BCUT2D eigenvalue weighted by atomic mass is 9.82. The van der Waals surface area contributed by atoms with Gasteiger partial charge in [0.2, 0.25) is 5.89 Å². The van der Waals surface area contributed by atoms with Crippen molar-refractivity contribution in [1.82, 2.24) is 15.5 Å². The molecule has 5 nitrogen and oxygen atoms in total. The molecule has 1 aliphatic rings. The van der Waals surface area contributed by atoms with Gasteiger partial charge in [-0.15, -0.1) is 5.10 Å². The van der Waals surface area contributed by atoms with Gasteiger partial charge in [0, 0.05) is 6.04 Å². The van der Waals surface area contributed by atoms with Gasteiger partial charge in [0.1, 0.15) is 0 Å². The van der Waals surface area contributed by atoms with Crippen LogP contribution in [0.15, 0.2) is 4.42 Å². The SMILES string of the molecule is CNC(C)c1nnc(NC2CC(C)C2)o1. The molecule has 0 saturated heterocycles. The van der Waals surface area contributed by atoms with Crippen LogP contribution in [0.2, 0.25) is 0 Å². The van der Waals surface area contributed by atoms with Crippen LogP contribution >= 0.6 is 0 Å². The minimum absolute atomic E-state index is 0.105. The van der Waals surface area contributed by atoms with Crippen molar-refractivity contribution in [3.63, 3.8) is 0 Å². The summed E-state index contributed by atoms with van der Waals surface area (Å²) in [5.41, 5.74) is 0. The number of hydrogen-bond acceptors (Lipinski definition) is 5. The Morgan fingerprint density at radius 2 is 2.13 bits per heavy atom. The van der Waals surface area contributed by atoms with E-state index in [1.165, 1.54) is 12.8 Å². The molecule has 1 fully saturated rings. The van der Waals surface area contributed by atoms with Crippen LogP contribution in [0.4, 0.5) is 6.01 Å². The van der Waals surface area contributed by atoms with Crippen molar-refractivity contribution in [3.8, 4) is 0 Å². The molecule has 0 aromatic carbocycles. The second kappa shape index (κ2) is 4.18. The van der Waals surface area contributed by atoms with Crippen molar-refractivity contribution in [2.75, 3.05) is 12.4 Å². The number of aromatic nitrogens is 2. The molecule has 2 N–H and O–H groups in total. The van der Waals surface area contributed by atoms with Crippen molar-refractivity contribution in [2.45, 2.75) is 38.8 Å². The van der Waals surface area contributed by atoms with E-state index in [1.807, 2.05) is 14.0 Å². The molecule has 0 amide bonds. The average Bonchev–Trinajstić information content (AvgIpc) is 2.63. The summed E-state index contributed by atoms with van der Waals surface area (Å²) in [4.78, 5) is 0. The molecule has 2 rings (SSSR count). The lowest BCUT2D eigenvalue weighted by molar-refractivity contribution is 0.302. The largest absolute Gasteiger partial charge is 0.406 e. The van der Waals surface area contributed by atoms with Gasteiger partial charge in [0.05, 0.1) is 6.04 Å². The fourth-order valence-corrected chi connectivity index (χ4v) is 1.79. The number of hydrogen-bond donors (Lipinski definition) is 2. The molecular weight excluding hydrogens is 192 g/mol. The molecule has 1 heterocycles. The van der Waals surface area contributed by atoms with E-state index in [4.69, 9.17) is 4.42 Å². The Balaban J connectivity index is 1.90. The molecule has 5 heteroatoms. The predicted octanol–water partition coefficient (Wildman–Crippen LogP) is 1.56. The van der Waals surface area contributed by atoms with Crippen LogP contribution in [0.5, 0.6) is 0 Å². The summed E-state index contributed by atoms with van der Waals surface area (Å²) in [6.07, 6.45) is 2.39. The second-order valence-corrected chi connectivity index (χ2v) is 4.37. The normalized spacial score (nSPS) is 27.1. The van der Waals surface area contributed by atoms with E-state index in [-0.39, 0.29) is 6.04 Å². The first-order valence-corrected chi connectivity index (χ1v) is 5.46. The number of nitrogens with one attached hydrogen (secondary N) is 2. The molecule has 1 aromatic heterocycles. The third kappa shape index (κ3) is 2.28. The van der Waals surface area contributed by atoms with Crippen LogP contribution in [-0.2, 0) is 0 Å². The zero-order chi connectivity index (χ0) is 10.8. The maximum atomic E-state index is 5.48. The highest BCUT2D eigenvalue weighted by Gasteiger charge is 2.26. The van der Waals surface area contributed by atoms with Gasteiger partial charge in [-0.2, -0.15) is 0 Å². The minimum Gasteiger partial charge on any atom is -0.406 e. The highest BCUT2D eigenvalue weighted by molar-refractivity contribution is 5.21. The van der Waals surface area contributed by atoms with Crippen molar-refractivity contribution < 1.29 is 4.42 Å². The molecule has 0 spiro atoms. The zero-order valence-electron chi connectivity index (χ0n) is 9.45. The molecule has 1 unspecified atom stereocenters. The summed E-state index contributed by atoms with van der Waals surface area (Å²) in [5.74, 6) is 1.45. The van der Waals surface area contributed by atoms with Crippen molar-refractivity contribution >= 4 is 6.01 Å². The Morgan fingerprint density at radius 1 is 1.40 bits per heavy atom. The fourth-order valence-electron chi connectivity index (χ4n) is 1.79. The van der Waals surface area contributed by atoms with Crippen molar-refractivity contribution in [1.29, 1.82) is 0 Å². The molecular formula is C10H18N4O. The Morgan fingerprint density at radius 3 is 2.73 bits per heavy atom. The first-order valence-electron chi connectivity index (χ1n) is 5.46. The van der Waals surface area contributed by atoms with Gasteiger partial charge in [-0.25, -0.2) is 0 Å². The fraction of sp³-hybridized carbons (Fsp3) is 0.800. The van der Waals surface area contributed by atoms with Crippen molar-refractivity contribution in [2.24, 2.45) is 5.92 Å². The van der Waals surface area contributed by atoms with Crippen LogP contribution in [-0.4, -0.2) is 23.3 Å². The molecule has 1 saturated carbocycles. The van der Waals surface area contributed by atoms with Crippen LogP contribution in [0.3, 0.4) is 0 Å². The predicted molar refractivity (Wildman–Crippen MR) is 57.6 cm³/mol. The van der Waals surface area contributed by atoms with Gasteiger partial charge in [-0.3, -0.25) is 0 Å². The average molecular weight is 210 g/mol. The van der Waals surface area contributed by atoms with Gasteiger partial charge in [-0.05, 0) is 32.7 Å². The van der Waals surface area contributed by atoms with Crippen LogP contribution < -0.4 is 10.6 Å². The number of rotatable bonds is 4. The van der Waals surface area contributed by atoms with Gasteiger partial charge in [0.15, 0.2) is 0 Å². The van der Waals surface area contributed by atoms with Crippen LogP contribution in [0, 0.1) is 5.92 Å². The van der Waals surface area contributed by atoms with Gasteiger partial charge in [-0.1, -0.05) is 12.0 Å². The van der Waals surface area contributed by atoms with E-state index >= 15 is 0 Å². The quantitative estimate of drug-likeness (QED) is 0.789. The number of anilines is 1. The van der Waals surface area contributed by atoms with Crippen LogP contribution in [0.1, 0.15) is 38.6 Å². The van der Waals surface area contributed by atoms with E-state index in [2.05, 4.69) is 27.8 Å². The molecule has 1 aromatic rings. The van der Waals surface area contributed by atoms with E-state index in [0.717, 1.165) is 5.92 Å². The Bertz CT molecular complexity index is 319. The van der Waals surface area contributed by atoms with E-state index in [1.54, 1.807) is 0 Å². The highest BCUT2D eigenvalue weighted by Crippen LogP contribution is 2.29. The first-order chi connectivity index (χ1) is 7.19. The second-order valence-electron chi connectivity index (χ2n) is 4.37. The highest BCUT2D eigenvalue weighted by atomic mass is 16.4. The van der Waals surface area contributed by atoms with E-state index < -0.39 is 0 Å². The Hall–Kier alpha value is -1.10. The summed E-state index contributed by atoms with van der Waals surface area (Å²) in [5, 5.41) is 14.2. The lowest BCUT2D eigenvalue weighted by Gasteiger charge is -2.32. The summed E-state index contributed by atoms with van der Waals surface area (Å²) in [6.45, 7) is 4.24. The summed E-state index contributed by atoms with van der Waals surface area (Å²) in [6, 6.07) is 1.16. The van der Waals surface area contributed by atoms with Gasteiger partial charge >= 0.3 is 6.01 Å². The van der Waals surface area contributed by atoms with Crippen molar-refractivity contribution in [3.05, 3.63) is 5.89 Å². The summed E-state index contributed by atoms with van der Waals surface area (Å²) >= 11 is 0. The molecule has 0 aliphatic heterocycles. The smallest absolute Gasteiger partial charge is 0.315 e. The summed E-state index contributed by atoms with van der Waals surface area (Å²) in [7, 11) is 1.87. The van der Waals surface area contributed by atoms with Gasteiger partial charge in [0.25, 0.3) is 0 Å². The Labute approximate surface area is 89.6 Å². The lowest BCUT2D eigenvalue weighted by Crippen LogP contribution is -2.33. The zero-order valence-corrected chi connectivity index (χ0v) is 9.45. The molecule has 15 heavy (non-hydrogen) atoms. The molecule has 0 radical (unpaired) electrons. The van der Waals surface area contributed by atoms with Crippen LogP contribution in [0.25, 0.3) is 0 Å². The van der Waals surface area contributed by atoms with Gasteiger partial charge < -0.3 is 15.1 Å². The summed E-state index contributed by atoms with van der Waals surface area (Å²) < 4.78 is 5.48. The topological polar surface area (TPSA) is 63.0 Å². The molecule has 0 bridgehead atoms. The minimum atomic E-state index is 0.105. The molecule has 1 atom stereocenters. The molecule has 84 valence electrons. The first kappa shape index (κ1) is 10.4. The van der Waals surface area contributed by atoms with E-state index in [0.29, 0.717) is 17.9 Å². The molecule has 1 aliphatic carbocycles. The Kier molecular flexibility index (Phi) is 2.90.